The highest BCUT2D eigenvalue weighted by atomic mass is 35.5. The number of nitrogens with one attached hydrogen (secondary N) is 2. The lowest BCUT2D eigenvalue weighted by atomic mass is 10.2. The fourth-order valence-corrected chi connectivity index (χ4v) is 2.17. The van der Waals surface area contributed by atoms with Crippen LogP contribution in [0.25, 0.3) is 0 Å². The van der Waals surface area contributed by atoms with E-state index in [2.05, 4.69) is 15.8 Å². The molecule has 0 fully saturated rings. The van der Waals surface area contributed by atoms with Crippen molar-refractivity contribution in [3.63, 3.8) is 0 Å². The van der Waals surface area contributed by atoms with Gasteiger partial charge in [0.25, 0.3) is 0 Å². The normalized spacial score (nSPS) is 10.6. The van der Waals surface area contributed by atoms with Crippen LogP contribution in [-0.2, 0) is 9.59 Å². The molecule has 0 saturated heterocycles. The molecule has 2 aromatic carbocycles. The van der Waals surface area contributed by atoms with Crippen molar-refractivity contribution >= 4 is 46.9 Å². The Kier molecular flexibility index (Phi) is 5.73. The molecule has 23 heavy (non-hydrogen) atoms. The van der Waals surface area contributed by atoms with Gasteiger partial charge in [0, 0.05) is 16.3 Å². The van der Waals surface area contributed by atoms with Gasteiger partial charge < -0.3 is 5.32 Å². The lowest BCUT2D eigenvalue weighted by Crippen LogP contribution is -2.32. The van der Waals surface area contributed by atoms with Gasteiger partial charge in [0.05, 0.1) is 11.2 Å². The monoisotopic (exact) mass is 349 g/mol. The number of hydrazone groups is 1. The minimum absolute atomic E-state index is 0.389. The van der Waals surface area contributed by atoms with E-state index in [-0.39, 0.29) is 0 Å². The van der Waals surface area contributed by atoms with E-state index in [1.54, 1.807) is 30.3 Å². The first-order valence-electron chi connectivity index (χ1n) is 6.62. The summed E-state index contributed by atoms with van der Waals surface area (Å²) in [6, 6.07) is 12.0. The van der Waals surface area contributed by atoms with Gasteiger partial charge >= 0.3 is 11.8 Å². The van der Waals surface area contributed by atoms with Crippen molar-refractivity contribution in [3.8, 4) is 0 Å². The smallest absolute Gasteiger partial charge is 0.317 e. The van der Waals surface area contributed by atoms with E-state index >= 15 is 0 Å². The van der Waals surface area contributed by atoms with Gasteiger partial charge in [-0.05, 0) is 30.7 Å². The lowest BCUT2D eigenvalue weighted by molar-refractivity contribution is -0.136. The second kappa shape index (κ2) is 7.76. The van der Waals surface area contributed by atoms with Crippen molar-refractivity contribution < 1.29 is 9.59 Å². The molecule has 0 atom stereocenters. The molecule has 2 N–H and O–H groups in total. The first kappa shape index (κ1) is 17.0. The molecular formula is C16H13Cl2N3O2. The van der Waals surface area contributed by atoms with Crippen molar-refractivity contribution in [1.82, 2.24) is 5.43 Å². The van der Waals surface area contributed by atoms with Gasteiger partial charge in [-0.1, -0.05) is 47.5 Å². The summed E-state index contributed by atoms with van der Waals surface area (Å²) in [6.45, 7) is 1.83. The summed E-state index contributed by atoms with van der Waals surface area (Å²) >= 11 is 11.7. The van der Waals surface area contributed by atoms with E-state index in [1.165, 1.54) is 6.21 Å². The van der Waals surface area contributed by atoms with Crippen molar-refractivity contribution in [3.05, 3.63) is 63.6 Å². The quantitative estimate of drug-likeness (QED) is 0.506. The molecule has 0 aliphatic carbocycles. The molecular weight excluding hydrogens is 337 g/mol. The van der Waals surface area contributed by atoms with Crippen LogP contribution in [0.4, 0.5) is 5.69 Å². The standard InChI is InChI=1S/C16H13Cl2N3O2/c1-10-4-2-3-5-14(10)20-15(22)16(23)21-19-9-11-6-7-12(17)8-13(11)18/h2-9H,1H3,(H,20,22)(H,21,23)/b19-9-. The summed E-state index contributed by atoms with van der Waals surface area (Å²) in [4.78, 5) is 23.5. The minimum atomic E-state index is -0.880. The zero-order valence-electron chi connectivity index (χ0n) is 12.1. The van der Waals surface area contributed by atoms with E-state index in [4.69, 9.17) is 23.2 Å². The fourth-order valence-electron chi connectivity index (χ4n) is 1.71. The van der Waals surface area contributed by atoms with E-state index in [1.807, 2.05) is 19.1 Å². The number of para-hydroxylation sites is 1. The SMILES string of the molecule is Cc1ccccc1NC(=O)C(=O)N/N=C\c1ccc(Cl)cc1Cl. The molecule has 7 heteroatoms. The highest BCUT2D eigenvalue weighted by molar-refractivity contribution is 6.39. The van der Waals surface area contributed by atoms with Crippen LogP contribution in [0.15, 0.2) is 47.6 Å². The van der Waals surface area contributed by atoms with Crippen molar-refractivity contribution in [1.29, 1.82) is 0 Å². The molecule has 0 bridgehead atoms. The topological polar surface area (TPSA) is 70.6 Å². The molecule has 0 unspecified atom stereocenters. The molecule has 118 valence electrons. The van der Waals surface area contributed by atoms with Crippen LogP contribution in [0.3, 0.4) is 0 Å². The highest BCUT2D eigenvalue weighted by Crippen LogP contribution is 2.19. The third-order valence-electron chi connectivity index (χ3n) is 2.93. The first-order valence-corrected chi connectivity index (χ1v) is 7.38. The molecule has 5 nitrogen and oxygen atoms in total. The zero-order chi connectivity index (χ0) is 16.8. The molecule has 2 rings (SSSR count). The van der Waals surface area contributed by atoms with Crippen LogP contribution in [0.2, 0.25) is 10.0 Å². The number of aryl methyl sites for hydroxylation is 1. The highest BCUT2D eigenvalue weighted by Gasteiger charge is 2.13. The third kappa shape index (κ3) is 4.81. The number of nitrogens with zero attached hydrogens (tertiary/aromatic N) is 1. The van der Waals surface area contributed by atoms with E-state index in [0.29, 0.717) is 21.3 Å². The van der Waals surface area contributed by atoms with Gasteiger partial charge in [0.15, 0.2) is 0 Å². The first-order chi connectivity index (χ1) is 11.0. The molecule has 0 radical (unpaired) electrons. The average molecular weight is 350 g/mol. The summed E-state index contributed by atoms with van der Waals surface area (Å²) in [7, 11) is 0. The second-order valence-corrected chi connectivity index (χ2v) is 5.48. The van der Waals surface area contributed by atoms with Crippen LogP contribution >= 0.6 is 23.2 Å². The van der Waals surface area contributed by atoms with Gasteiger partial charge in [-0.25, -0.2) is 5.43 Å². The van der Waals surface area contributed by atoms with Crippen molar-refractivity contribution in [2.24, 2.45) is 5.10 Å². The Morgan fingerprint density at radius 2 is 1.83 bits per heavy atom. The largest absolute Gasteiger partial charge is 0.329 e. The van der Waals surface area contributed by atoms with Gasteiger partial charge in [-0.2, -0.15) is 5.10 Å². The van der Waals surface area contributed by atoms with Crippen LogP contribution in [0.5, 0.6) is 0 Å². The Morgan fingerprint density at radius 1 is 1.09 bits per heavy atom. The number of hydrogen-bond acceptors (Lipinski definition) is 3. The van der Waals surface area contributed by atoms with Crippen LogP contribution in [0.1, 0.15) is 11.1 Å². The maximum Gasteiger partial charge on any atom is 0.329 e. The number of benzene rings is 2. The predicted molar refractivity (Wildman–Crippen MR) is 92.0 cm³/mol. The average Bonchev–Trinajstić information content (AvgIpc) is 2.51. The molecule has 0 spiro atoms. The van der Waals surface area contributed by atoms with E-state index < -0.39 is 11.8 Å². The Balaban J connectivity index is 1.95. The van der Waals surface area contributed by atoms with Crippen molar-refractivity contribution in [2.45, 2.75) is 6.92 Å². The number of amides is 2. The Labute approximate surface area is 143 Å². The Bertz CT molecular complexity index is 776. The van der Waals surface area contributed by atoms with Gasteiger partial charge in [0.2, 0.25) is 0 Å². The molecule has 0 saturated carbocycles. The van der Waals surface area contributed by atoms with E-state index in [9.17, 15) is 9.59 Å². The summed E-state index contributed by atoms with van der Waals surface area (Å²) in [5, 5.41) is 7.10. The number of anilines is 1. The zero-order valence-corrected chi connectivity index (χ0v) is 13.7. The Morgan fingerprint density at radius 3 is 2.52 bits per heavy atom. The summed E-state index contributed by atoms with van der Waals surface area (Å²) < 4.78 is 0. The molecule has 2 amide bonds. The number of halogens is 2. The molecule has 0 aromatic heterocycles. The lowest BCUT2D eigenvalue weighted by Gasteiger charge is -2.06. The summed E-state index contributed by atoms with van der Waals surface area (Å²) in [6.07, 6.45) is 1.33. The van der Waals surface area contributed by atoms with Crippen LogP contribution in [-0.4, -0.2) is 18.0 Å². The molecule has 0 aliphatic rings. The maximum atomic E-state index is 11.8. The maximum absolute atomic E-state index is 11.8. The van der Waals surface area contributed by atoms with Gasteiger partial charge in [0.1, 0.15) is 0 Å². The number of carbonyl (C=O) groups is 2. The number of carbonyl (C=O) groups excluding carboxylic acids is 2. The molecule has 0 heterocycles. The number of rotatable bonds is 3. The Hall–Kier alpha value is -2.37. The van der Waals surface area contributed by atoms with E-state index in [0.717, 1.165) is 5.56 Å². The molecule has 0 aliphatic heterocycles. The summed E-state index contributed by atoms with van der Waals surface area (Å²) in [5.41, 5.74) is 4.12. The van der Waals surface area contributed by atoms with Crippen molar-refractivity contribution in [2.75, 3.05) is 5.32 Å². The van der Waals surface area contributed by atoms with Crippen LogP contribution < -0.4 is 10.7 Å². The fraction of sp³-hybridized carbons (Fsp3) is 0.0625. The van der Waals surface area contributed by atoms with Gasteiger partial charge in [-0.3, -0.25) is 9.59 Å². The second-order valence-electron chi connectivity index (χ2n) is 4.63. The predicted octanol–water partition coefficient (Wildman–Crippen LogP) is 3.39. The summed E-state index contributed by atoms with van der Waals surface area (Å²) in [5.74, 6) is -1.69. The number of hydrogen-bond donors (Lipinski definition) is 2. The third-order valence-corrected chi connectivity index (χ3v) is 3.49. The van der Waals surface area contributed by atoms with Gasteiger partial charge in [-0.15, -0.1) is 0 Å². The minimum Gasteiger partial charge on any atom is -0.317 e. The molecule has 2 aromatic rings. The van der Waals surface area contributed by atoms with Crippen LogP contribution in [0, 0.1) is 6.92 Å².